The first-order chi connectivity index (χ1) is 6.15. The summed E-state index contributed by atoms with van der Waals surface area (Å²) in [4.78, 5) is 0. The van der Waals surface area contributed by atoms with Crippen molar-refractivity contribution in [2.45, 2.75) is 26.7 Å². The second-order valence-electron chi connectivity index (χ2n) is 3.41. The van der Waals surface area contributed by atoms with E-state index in [0.29, 0.717) is 6.54 Å². The number of hydrogen-bond donors (Lipinski definition) is 1. The van der Waals surface area contributed by atoms with Crippen molar-refractivity contribution >= 4 is 0 Å². The third-order valence-electron chi connectivity index (χ3n) is 2.33. The number of hydrogen-bond acceptors (Lipinski definition) is 1. The van der Waals surface area contributed by atoms with Gasteiger partial charge in [-0.15, -0.1) is 0 Å². The van der Waals surface area contributed by atoms with Crippen LogP contribution in [-0.2, 0) is 6.42 Å². The predicted molar refractivity (Wildman–Crippen MR) is 53.2 cm³/mol. The van der Waals surface area contributed by atoms with Gasteiger partial charge in [-0.25, -0.2) is 4.39 Å². The van der Waals surface area contributed by atoms with Crippen LogP contribution in [0.4, 0.5) is 4.39 Å². The molecule has 0 atom stereocenters. The van der Waals surface area contributed by atoms with Crippen LogP contribution in [0.25, 0.3) is 0 Å². The van der Waals surface area contributed by atoms with Crippen molar-refractivity contribution in [2.24, 2.45) is 5.73 Å². The van der Waals surface area contributed by atoms with Crippen molar-refractivity contribution in [3.63, 3.8) is 0 Å². The van der Waals surface area contributed by atoms with E-state index in [1.807, 2.05) is 13.0 Å². The van der Waals surface area contributed by atoms with Crippen LogP contribution >= 0.6 is 0 Å². The van der Waals surface area contributed by atoms with Gasteiger partial charge in [-0.05, 0) is 56.0 Å². The molecule has 0 saturated heterocycles. The Morgan fingerprint density at radius 3 is 2.54 bits per heavy atom. The summed E-state index contributed by atoms with van der Waals surface area (Å²) >= 11 is 0. The Morgan fingerprint density at radius 2 is 2.00 bits per heavy atom. The number of halogens is 1. The van der Waals surface area contributed by atoms with Crippen LogP contribution < -0.4 is 5.73 Å². The molecule has 2 N–H and O–H groups in total. The topological polar surface area (TPSA) is 26.0 Å². The molecule has 0 fully saturated rings. The molecule has 0 aliphatic rings. The third kappa shape index (κ3) is 2.52. The van der Waals surface area contributed by atoms with Crippen molar-refractivity contribution in [3.8, 4) is 0 Å². The lowest BCUT2D eigenvalue weighted by atomic mass is 10.0. The zero-order valence-corrected chi connectivity index (χ0v) is 8.23. The van der Waals surface area contributed by atoms with Crippen LogP contribution in [0.3, 0.4) is 0 Å². The Kier molecular flexibility index (Phi) is 3.43. The summed E-state index contributed by atoms with van der Waals surface area (Å²) in [7, 11) is 0. The van der Waals surface area contributed by atoms with Gasteiger partial charge in [0.1, 0.15) is 5.82 Å². The molecule has 1 aromatic carbocycles. The van der Waals surface area contributed by atoms with E-state index in [-0.39, 0.29) is 5.82 Å². The highest BCUT2D eigenvalue weighted by Crippen LogP contribution is 2.15. The summed E-state index contributed by atoms with van der Waals surface area (Å²) in [6, 6.07) is 3.64. The van der Waals surface area contributed by atoms with E-state index in [4.69, 9.17) is 5.73 Å². The van der Waals surface area contributed by atoms with E-state index in [1.54, 1.807) is 13.0 Å². The summed E-state index contributed by atoms with van der Waals surface area (Å²) in [5.74, 6) is -0.105. The molecule has 0 aliphatic carbocycles. The number of aryl methyl sites for hydroxylation is 2. The summed E-state index contributed by atoms with van der Waals surface area (Å²) in [6.45, 7) is 4.40. The van der Waals surface area contributed by atoms with E-state index >= 15 is 0 Å². The van der Waals surface area contributed by atoms with Crippen LogP contribution in [0.5, 0.6) is 0 Å². The van der Waals surface area contributed by atoms with E-state index < -0.39 is 0 Å². The average molecular weight is 181 g/mol. The fourth-order valence-corrected chi connectivity index (χ4v) is 1.34. The quantitative estimate of drug-likeness (QED) is 0.761. The number of benzene rings is 1. The molecule has 0 amide bonds. The molecule has 0 aliphatic heterocycles. The van der Waals surface area contributed by atoms with Crippen LogP contribution in [0.2, 0.25) is 0 Å². The smallest absolute Gasteiger partial charge is 0.126 e. The van der Waals surface area contributed by atoms with Gasteiger partial charge in [-0.2, -0.15) is 0 Å². The Bertz CT molecular complexity index is 271. The molecule has 0 bridgehead atoms. The second-order valence-corrected chi connectivity index (χ2v) is 3.41. The Balaban J connectivity index is 2.86. The lowest BCUT2D eigenvalue weighted by molar-refractivity contribution is 0.613. The van der Waals surface area contributed by atoms with Crippen molar-refractivity contribution in [2.75, 3.05) is 6.54 Å². The Hall–Kier alpha value is -0.890. The van der Waals surface area contributed by atoms with Gasteiger partial charge in [0.15, 0.2) is 0 Å². The lowest BCUT2D eigenvalue weighted by Gasteiger charge is -2.05. The minimum atomic E-state index is -0.105. The van der Waals surface area contributed by atoms with Crippen LogP contribution in [-0.4, -0.2) is 6.54 Å². The van der Waals surface area contributed by atoms with Crippen molar-refractivity contribution in [1.82, 2.24) is 0 Å². The third-order valence-corrected chi connectivity index (χ3v) is 2.33. The largest absolute Gasteiger partial charge is 0.330 e. The molecule has 0 aromatic heterocycles. The van der Waals surface area contributed by atoms with Gasteiger partial charge >= 0.3 is 0 Å². The molecule has 2 heteroatoms. The fraction of sp³-hybridized carbons (Fsp3) is 0.455. The van der Waals surface area contributed by atoms with Crippen molar-refractivity contribution < 1.29 is 4.39 Å². The Morgan fingerprint density at radius 1 is 1.31 bits per heavy atom. The molecule has 13 heavy (non-hydrogen) atoms. The summed E-state index contributed by atoms with van der Waals surface area (Å²) in [6.07, 6.45) is 1.79. The zero-order valence-electron chi connectivity index (χ0n) is 8.23. The molecule has 1 nitrogen and oxygen atoms in total. The number of rotatable bonds is 3. The number of nitrogens with two attached hydrogens (primary N) is 1. The van der Waals surface area contributed by atoms with Crippen LogP contribution in [0, 0.1) is 19.7 Å². The predicted octanol–water partition coefficient (Wildman–Crippen LogP) is 2.33. The van der Waals surface area contributed by atoms with E-state index in [0.717, 1.165) is 29.5 Å². The Labute approximate surface area is 78.8 Å². The first-order valence-electron chi connectivity index (χ1n) is 4.61. The standard InChI is InChI=1S/C11H16FN/c1-8-6-10(4-3-5-13)7-11(12)9(8)2/h6-7H,3-5,13H2,1-2H3. The van der Waals surface area contributed by atoms with Gasteiger partial charge in [0, 0.05) is 0 Å². The normalized spacial score (nSPS) is 10.5. The molecular weight excluding hydrogens is 165 g/mol. The van der Waals surface area contributed by atoms with E-state index in [2.05, 4.69) is 0 Å². The van der Waals surface area contributed by atoms with Gasteiger partial charge < -0.3 is 5.73 Å². The highest BCUT2D eigenvalue weighted by Gasteiger charge is 2.02. The van der Waals surface area contributed by atoms with Crippen LogP contribution in [0.15, 0.2) is 12.1 Å². The van der Waals surface area contributed by atoms with Crippen LogP contribution in [0.1, 0.15) is 23.1 Å². The average Bonchev–Trinajstić information content (AvgIpc) is 2.10. The second kappa shape index (κ2) is 4.38. The first kappa shape index (κ1) is 10.2. The first-order valence-corrected chi connectivity index (χ1v) is 4.61. The molecule has 0 radical (unpaired) electrons. The minimum absolute atomic E-state index is 0.105. The monoisotopic (exact) mass is 181 g/mol. The van der Waals surface area contributed by atoms with E-state index in [9.17, 15) is 4.39 Å². The molecule has 0 saturated carbocycles. The molecule has 0 spiro atoms. The zero-order chi connectivity index (χ0) is 9.84. The van der Waals surface area contributed by atoms with Crippen molar-refractivity contribution in [1.29, 1.82) is 0 Å². The SMILES string of the molecule is Cc1cc(CCCN)cc(F)c1C. The summed E-state index contributed by atoms with van der Waals surface area (Å²) in [5, 5.41) is 0. The minimum Gasteiger partial charge on any atom is -0.330 e. The van der Waals surface area contributed by atoms with Gasteiger partial charge in [0.2, 0.25) is 0 Å². The van der Waals surface area contributed by atoms with Crippen molar-refractivity contribution in [3.05, 3.63) is 34.6 Å². The maximum atomic E-state index is 13.2. The molecule has 0 unspecified atom stereocenters. The maximum Gasteiger partial charge on any atom is 0.126 e. The summed E-state index contributed by atoms with van der Waals surface area (Å²) in [5.41, 5.74) is 8.20. The highest BCUT2D eigenvalue weighted by atomic mass is 19.1. The fourth-order valence-electron chi connectivity index (χ4n) is 1.34. The highest BCUT2D eigenvalue weighted by molar-refractivity contribution is 5.31. The molecule has 72 valence electrons. The van der Waals surface area contributed by atoms with Gasteiger partial charge in [0.25, 0.3) is 0 Å². The molecule has 1 rings (SSSR count). The van der Waals surface area contributed by atoms with Gasteiger partial charge in [-0.1, -0.05) is 6.07 Å². The molecule has 0 heterocycles. The van der Waals surface area contributed by atoms with E-state index in [1.165, 1.54) is 0 Å². The van der Waals surface area contributed by atoms with Gasteiger partial charge in [0.05, 0.1) is 0 Å². The summed E-state index contributed by atoms with van der Waals surface area (Å²) < 4.78 is 13.2. The lowest BCUT2D eigenvalue weighted by Crippen LogP contribution is -2.01. The molecular formula is C11H16FN. The maximum absolute atomic E-state index is 13.2. The molecule has 1 aromatic rings. The van der Waals surface area contributed by atoms with Gasteiger partial charge in [-0.3, -0.25) is 0 Å².